The zero-order chi connectivity index (χ0) is 19.6. The van der Waals surface area contributed by atoms with Gasteiger partial charge in [-0.3, -0.25) is 14.5 Å². The first-order valence-corrected chi connectivity index (χ1v) is 9.71. The van der Waals surface area contributed by atoms with E-state index in [0.717, 1.165) is 10.9 Å². The number of hydrogen-bond acceptors (Lipinski definition) is 3. The molecule has 27 heavy (non-hydrogen) atoms. The van der Waals surface area contributed by atoms with Crippen LogP contribution in [0.15, 0.2) is 40.9 Å². The normalized spacial score (nSPS) is 14.4. The number of fused-ring (bicyclic) bond motifs is 1. The molecule has 0 fully saturated rings. The Labute approximate surface area is 167 Å². The Bertz CT molecular complexity index is 882. The summed E-state index contributed by atoms with van der Waals surface area (Å²) in [4.78, 5) is 26.2. The van der Waals surface area contributed by atoms with Crippen LogP contribution in [0.25, 0.3) is 0 Å². The maximum atomic E-state index is 12.5. The Balaban J connectivity index is 1.64. The summed E-state index contributed by atoms with van der Waals surface area (Å²) < 4.78 is 6.32. The third-order valence-corrected chi connectivity index (χ3v) is 5.09. The Hall–Kier alpha value is -2.34. The van der Waals surface area contributed by atoms with Crippen molar-refractivity contribution in [2.75, 3.05) is 18.1 Å². The molecule has 1 unspecified atom stereocenters. The van der Waals surface area contributed by atoms with Crippen LogP contribution >= 0.6 is 15.9 Å². The van der Waals surface area contributed by atoms with Crippen molar-refractivity contribution in [3.05, 3.63) is 57.6 Å². The highest BCUT2D eigenvalue weighted by Gasteiger charge is 2.27. The van der Waals surface area contributed by atoms with E-state index in [1.165, 1.54) is 21.6 Å². The minimum atomic E-state index is -0.220. The number of anilines is 1. The van der Waals surface area contributed by atoms with Crippen LogP contribution in [0, 0.1) is 13.8 Å². The van der Waals surface area contributed by atoms with Gasteiger partial charge in [0.25, 0.3) is 5.91 Å². The SMILES string of the molecule is Cc1ccc(CC(C)NC(=O)CN2C(=O)COc3cc(Br)ccc32)c(C)c1. The number of benzene rings is 2. The molecule has 1 N–H and O–H groups in total. The van der Waals surface area contributed by atoms with Gasteiger partial charge in [-0.25, -0.2) is 0 Å². The summed E-state index contributed by atoms with van der Waals surface area (Å²) in [6, 6.07) is 11.7. The van der Waals surface area contributed by atoms with E-state index in [1.54, 1.807) is 12.1 Å². The fraction of sp³-hybridized carbons (Fsp3) is 0.333. The second-order valence-corrected chi connectivity index (χ2v) is 7.90. The zero-order valence-corrected chi connectivity index (χ0v) is 17.3. The molecular weight excluding hydrogens is 408 g/mol. The van der Waals surface area contributed by atoms with E-state index in [9.17, 15) is 9.59 Å². The van der Waals surface area contributed by atoms with Gasteiger partial charge in [0.15, 0.2) is 6.61 Å². The minimum Gasteiger partial charge on any atom is -0.482 e. The molecule has 1 heterocycles. The number of hydrogen-bond donors (Lipinski definition) is 1. The van der Waals surface area contributed by atoms with Crippen LogP contribution < -0.4 is 15.0 Å². The zero-order valence-electron chi connectivity index (χ0n) is 15.7. The lowest BCUT2D eigenvalue weighted by Gasteiger charge is -2.29. The van der Waals surface area contributed by atoms with E-state index in [0.29, 0.717) is 11.4 Å². The number of rotatable bonds is 5. The summed E-state index contributed by atoms with van der Waals surface area (Å²) in [6.07, 6.45) is 0.748. The minimum absolute atomic E-state index is 0.0198. The molecule has 0 saturated heterocycles. The molecule has 0 saturated carbocycles. The number of ether oxygens (including phenoxy) is 1. The Morgan fingerprint density at radius 3 is 2.78 bits per heavy atom. The largest absolute Gasteiger partial charge is 0.482 e. The number of carbonyl (C=O) groups is 2. The molecule has 0 spiro atoms. The quantitative estimate of drug-likeness (QED) is 0.788. The van der Waals surface area contributed by atoms with Crippen molar-refractivity contribution in [3.8, 4) is 5.75 Å². The van der Waals surface area contributed by atoms with Gasteiger partial charge in [-0.15, -0.1) is 0 Å². The molecule has 1 aliphatic rings. The number of nitrogens with one attached hydrogen (secondary N) is 1. The maximum Gasteiger partial charge on any atom is 0.265 e. The van der Waals surface area contributed by atoms with Gasteiger partial charge in [0.05, 0.1) is 5.69 Å². The van der Waals surface area contributed by atoms with Gasteiger partial charge >= 0.3 is 0 Å². The van der Waals surface area contributed by atoms with E-state index in [1.807, 2.05) is 13.0 Å². The Kier molecular flexibility index (Phi) is 5.85. The van der Waals surface area contributed by atoms with Gasteiger partial charge in [-0.2, -0.15) is 0 Å². The molecule has 1 atom stereocenters. The van der Waals surface area contributed by atoms with Crippen LogP contribution in [0.5, 0.6) is 5.75 Å². The fourth-order valence-corrected chi connectivity index (χ4v) is 3.61. The lowest BCUT2D eigenvalue weighted by Crippen LogP contribution is -2.47. The molecular formula is C21H23BrN2O3. The van der Waals surface area contributed by atoms with Crippen molar-refractivity contribution >= 4 is 33.4 Å². The molecule has 142 valence electrons. The van der Waals surface area contributed by atoms with Crippen LogP contribution in [0.1, 0.15) is 23.6 Å². The molecule has 3 rings (SSSR count). The molecule has 0 radical (unpaired) electrons. The van der Waals surface area contributed by atoms with E-state index < -0.39 is 0 Å². The summed E-state index contributed by atoms with van der Waals surface area (Å²) in [7, 11) is 0. The van der Waals surface area contributed by atoms with Crippen LogP contribution in [-0.2, 0) is 16.0 Å². The summed E-state index contributed by atoms with van der Waals surface area (Å²) in [5.41, 5.74) is 4.28. The van der Waals surface area contributed by atoms with Gasteiger partial charge in [0.2, 0.25) is 5.91 Å². The van der Waals surface area contributed by atoms with Gasteiger partial charge in [-0.05, 0) is 56.5 Å². The fourth-order valence-electron chi connectivity index (χ4n) is 3.27. The number of carbonyl (C=O) groups excluding carboxylic acids is 2. The van der Waals surface area contributed by atoms with Gasteiger partial charge in [0, 0.05) is 10.5 Å². The monoisotopic (exact) mass is 430 g/mol. The smallest absolute Gasteiger partial charge is 0.265 e. The lowest BCUT2D eigenvalue weighted by atomic mass is 10.00. The highest BCUT2D eigenvalue weighted by Crippen LogP contribution is 2.34. The highest BCUT2D eigenvalue weighted by molar-refractivity contribution is 9.10. The first-order chi connectivity index (χ1) is 12.8. The molecule has 1 aliphatic heterocycles. The summed E-state index contributed by atoms with van der Waals surface area (Å²) in [5, 5.41) is 3.00. The predicted molar refractivity (Wildman–Crippen MR) is 109 cm³/mol. The van der Waals surface area contributed by atoms with Crippen LogP contribution in [0.3, 0.4) is 0 Å². The first kappa shape index (κ1) is 19.4. The third kappa shape index (κ3) is 4.69. The number of nitrogens with zero attached hydrogens (tertiary/aromatic N) is 1. The summed E-state index contributed by atoms with van der Waals surface area (Å²) in [5.74, 6) is 0.193. The van der Waals surface area contributed by atoms with Gasteiger partial charge in [-0.1, -0.05) is 39.7 Å². The van der Waals surface area contributed by atoms with Crippen molar-refractivity contribution in [2.45, 2.75) is 33.2 Å². The molecule has 5 nitrogen and oxygen atoms in total. The lowest BCUT2D eigenvalue weighted by molar-refractivity contribution is -0.125. The molecule has 2 amide bonds. The van der Waals surface area contributed by atoms with Crippen LogP contribution in [0.4, 0.5) is 5.69 Å². The van der Waals surface area contributed by atoms with Crippen molar-refractivity contribution in [3.63, 3.8) is 0 Å². The van der Waals surface area contributed by atoms with Gasteiger partial charge in [0.1, 0.15) is 12.3 Å². The molecule has 2 aromatic rings. The van der Waals surface area contributed by atoms with E-state index in [2.05, 4.69) is 53.3 Å². The average molecular weight is 431 g/mol. The summed E-state index contributed by atoms with van der Waals surface area (Å²) in [6.45, 7) is 6.04. The summed E-state index contributed by atoms with van der Waals surface area (Å²) >= 11 is 3.39. The standard InChI is InChI=1S/C21H23BrN2O3/c1-13-4-5-16(14(2)8-13)9-15(3)23-20(25)11-24-18-7-6-17(22)10-19(18)27-12-21(24)26/h4-8,10,15H,9,11-12H2,1-3H3,(H,23,25). The van der Waals surface area contributed by atoms with Crippen molar-refractivity contribution in [2.24, 2.45) is 0 Å². The number of amides is 2. The Morgan fingerprint density at radius 1 is 1.26 bits per heavy atom. The van der Waals surface area contributed by atoms with Crippen LogP contribution in [0.2, 0.25) is 0 Å². The second kappa shape index (κ2) is 8.13. The first-order valence-electron chi connectivity index (χ1n) is 8.91. The van der Waals surface area contributed by atoms with Crippen LogP contribution in [-0.4, -0.2) is 31.0 Å². The van der Waals surface area contributed by atoms with Crippen molar-refractivity contribution in [1.82, 2.24) is 5.32 Å². The molecule has 0 bridgehead atoms. The van der Waals surface area contributed by atoms with Gasteiger partial charge < -0.3 is 10.1 Å². The molecule has 0 aliphatic carbocycles. The third-order valence-electron chi connectivity index (χ3n) is 4.60. The topological polar surface area (TPSA) is 58.6 Å². The average Bonchev–Trinajstić information content (AvgIpc) is 2.60. The van der Waals surface area contributed by atoms with E-state index in [4.69, 9.17) is 4.74 Å². The second-order valence-electron chi connectivity index (χ2n) is 6.98. The maximum absolute atomic E-state index is 12.5. The van der Waals surface area contributed by atoms with E-state index in [-0.39, 0.29) is 31.0 Å². The highest BCUT2D eigenvalue weighted by atomic mass is 79.9. The van der Waals surface area contributed by atoms with Crippen molar-refractivity contribution < 1.29 is 14.3 Å². The van der Waals surface area contributed by atoms with E-state index >= 15 is 0 Å². The molecule has 2 aromatic carbocycles. The number of halogens is 1. The molecule has 6 heteroatoms. The molecule has 0 aromatic heterocycles. The number of aryl methyl sites for hydroxylation is 2. The predicted octanol–water partition coefficient (Wildman–Crippen LogP) is 3.54. The Morgan fingerprint density at radius 2 is 2.04 bits per heavy atom. The van der Waals surface area contributed by atoms with Crippen molar-refractivity contribution in [1.29, 1.82) is 0 Å².